The molecule has 0 spiro atoms. The highest BCUT2D eigenvalue weighted by Gasteiger charge is 2.39. The minimum atomic E-state index is 0.720. The molecule has 2 saturated carbocycles. The zero-order chi connectivity index (χ0) is 9.38. The maximum Gasteiger partial charge on any atom is 0.0528 e. The molecule has 0 aromatic carbocycles. The van der Waals surface area contributed by atoms with E-state index in [0.29, 0.717) is 0 Å². The summed E-state index contributed by atoms with van der Waals surface area (Å²) in [5.74, 6) is 1.94. The number of hydrogen-bond donors (Lipinski definition) is 1. The molecule has 0 saturated heterocycles. The second-order valence-corrected chi connectivity index (χ2v) is 4.67. The molecule has 1 N–H and O–H groups in total. The van der Waals surface area contributed by atoms with Crippen LogP contribution in [-0.2, 0) is 0 Å². The van der Waals surface area contributed by atoms with E-state index in [1.807, 2.05) is 18.5 Å². The van der Waals surface area contributed by atoms with Crippen LogP contribution in [0.25, 0.3) is 0 Å². The lowest BCUT2D eigenvalue weighted by molar-refractivity contribution is 0.439. The fourth-order valence-corrected chi connectivity index (χ4v) is 3.08. The van der Waals surface area contributed by atoms with E-state index in [1.165, 1.54) is 31.4 Å². The molecule has 0 aliphatic heterocycles. The summed E-state index contributed by atoms with van der Waals surface area (Å²) in [5, 5.41) is 3.61. The van der Waals surface area contributed by atoms with Crippen LogP contribution in [-0.4, -0.2) is 11.0 Å². The number of anilines is 1. The number of pyridine rings is 1. The first kappa shape index (κ1) is 8.27. The van der Waals surface area contributed by atoms with Crippen molar-refractivity contribution in [1.29, 1.82) is 0 Å². The van der Waals surface area contributed by atoms with Crippen molar-refractivity contribution in [2.24, 2.45) is 11.8 Å². The zero-order valence-corrected chi connectivity index (χ0v) is 8.32. The second kappa shape index (κ2) is 3.26. The highest BCUT2D eigenvalue weighted by Crippen LogP contribution is 2.45. The van der Waals surface area contributed by atoms with Crippen molar-refractivity contribution < 1.29 is 0 Å². The fourth-order valence-electron chi connectivity index (χ4n) is 3.08. The minimum Gasteiger partial charge on any atom is -0.381 e. The van der Waals surface area contributed by atoms with Gasteiger partial charge in [-0.2, -0.15) is 0 Å². The number of nitrogens with zero attached hydrogens (tertiary/aromatic N) is 1. The zero-order valence-electron chi connectivity index (χ0n) is 8.32. The van der Waals surface area contributed by atoms with E-state index in [4.69, 9.17) is 0 Å². The third kappa shape index (κ3) is 1.39. The molecule has 2 fully saturated rings. The molecule has 1 aromatic heterocycles. The van der Waals surface area contributed by atoms with Gasteiger partial charge in [0.05, 0.1) is 5.69 Å². The molecule has 2 nitrogen and oxygen atoms in total. The Hall–Kier alpha value is -1.05. The number of hydrogen-bond acceptors (Lipinski definition) is 2. The van der Waals surface area contributed by atoms with Gasteiger partial charge in [0.1, 0.15) is 0 Å². The van der Waals surface area contributed by atoms with Crippen LogP contribution in [0.15, 0.2) is 24.5 Å². The Balaban J connectivity index is 1.69. The number of aromatic nitrogens is 1. The molecular weight excluding hydrogens is 172 g/mol. The normalized spacial score (nSPS) is 34.7. The van der Waals surface area contributed by atoms with Gasteiger partial charge in [-0.05, 0) is 43.2 Å². The minimum absolute atomic E-state index is 0.720. The van der Waals surface area contributed by atoms with E-state index in [9.17, 15) is 0 Å². The summed E-state index contributed by atoms with van der Waals surface area (Å²) in [6.45, 7) is 0. The van der Waals surface area contributed by atoms with Gasteiger partial charge in [-0.3, -0.25) is 4.98 Å². The fraction of sp³-hybridized carbons (Fsp3) is 0.583. The van der Waals surface area contributed by atoms with Crippen LogP contribution in [0.3, 0.4) is 0 Å². The van der Waals surface area contributed by atoms with Crippen molar-refractivity contribution in [2.45, 2.75) is 31.7 Å². The van der Waals surface area contributed by atoms with Crippen LogP contribution in [0, 0.1) is 11.8 Å². The smallest absolute Gasteiger partial charge is 0.0528 e. The number of fused-ring (bicyclic) bond motifs is 2. The van der Waals surface area contributed by atoms with Crippen LogP contribution in [0.5, 0.6) is 0 Å². The van der Waals surface area contributed by atoms with Crippen molar-refractivity contribution in [3.8, 4) is 0 Å². The van der Waals surface area contributed by atoms with Gasteiger partial charge in [0.25, 0.3) is 0 Å². The monoisotopic (exact) mass is 188 g/mol. The molecule has 2 bridgehead atoms. The average molecular weight is 188 g/mol. The molecule has 0 amide bonds. The van der Waals surface area contributed by atoms with Crippen LogP contribution in [0.4, 0.5) is 5.69 Å². The van der Waals surface area contributed by atoms with Crippen molar-refractivity contribution in [2.75, 3.05) is 5.32 Å². The SMILES string of the molecule is c1cncc(N[C@H]2C[C@H]3CC[C@@H]2C3)c1. The topological polar surface area (TPSA) is 24.9 Å². The van der Waals surface area contributed by atoms with E-state index in [0.717, 1.165) is 17.9 Å². The molecule has 3 atom stereocenters. The molecule has 14 heavy (non-hydrogen) atoms. The first-order valence-electron chi connectivity index (χ1n) is 5.58. The maximum atomic E-state index is 4.13. The van der Waals surface area contributed by atoms with E-state index in [2.05, 4.69) is 16.4 Å². The Kier molecular flexibility index (Phi) is 1.93. The molecule has 74 valence electrons. The van der Waals surface area contributed by atoms with Crippen molar-refractivity contribution in [1.82, 2.24) is 4.98 Å². The highest BCUT2D eigenvalue weighted by atomic mass is 15.0. The predicted octanol–water partition coefficient (Wildman–Crippen LogP) is 2.68. The maximum absolute atomic E-state index is 4.13. The van der Waals surface area contributed by atoms with Gasteiger partial charge in [-0.25, -0.2) is 0 Å². The predicted molar refractivity (Wildman–Crippen MR) is 57.1 cm³/mol. The Morgan fingerprint density at radius 1 is 1.29 bits per heavy atom. The summed E-state index contributed by atoms with van der Waals surface area (Å²) in [4.78, 5) is 4.13. The number of nitrogens with one attached hydrogen (secondary N) is 1. The Morgan fingerprint density at radius 3 is 2.93 bits per heavy atom. The summed E-state index contributed by atoms with van der Waals surface area (Å²) >= 11 is 0. The van der Waals surface area contributed by atoms with Crippen LogP contribution >= 0.6 is 0 Å². The Labute approximate surface area is 84.7 Å². The van der Waals surface area contributed by atoms with E-state index in [-0.39, 0.29) is 0 Å². The third-order valence-electron chi connectivity index (χ3n) is 3.75. The van der Waals surface area contributed by atoms with Gasteiger partial charge in [0, 0.05) is 18.4 Å². The second-order valence-electron chi connectivity index (χ2n) is 4.67. The van der Waals surface area contributed by atoms with Crippen LogP contribution in [0.2, 0.25) is 0 Å². The van der Waals surface area contributed by atoms with E-state index >= 15 is 0 Å². The van der Waals surface area contributed by atoms with E-state index < -0.39 is 0 Å². The summed E-state index contributed by atoms with van der Waals surface area (Å²) in [6.07, 6.45) is 9.48. The van der Waals surface area contributed by atoms with Crippen molar-refractivity contribution >= 4 is 5.69 Å². The molecule has 2 heteroatoms. The van der Waals surface area contributed by atoms with Crippen molar-refractivity contribution in [3.63, 3.8) is 0 Å². The Bertz CT molecular complexity index is 309. The molecule has 3 rings (SSSR count). The van der Waals surface area contributed by atoms with Gasteiger partial charge < -0.3 is 5.32 Å². The lowest BCUT2D eigenvalue weighted by Crippen LogP contribution is -2.25. The standard InChI is InChI=1S/C12H16N2/c1-2-11(8-13-5-1)14-12-7-9-3-4-10(12)6-9/h1-2,5,8-10,12,14H,3-4,6-7H2/t9-,10+,12-/m0/s1. The average Bonchev–Trinajstić information content (AvgIpc) is 2.81. The quantitative estimate of drug-likeness (QED) is 0.771. The molecule has 2 aliphatic carbocycles. The summed E-state index contributed by atoms with van der Waals surface area (Å²) < 4.78 is 0. The largest absolute Gasteiger partial charge is 0.381 e. The summed E-state index contributed by atoms with van der Waals surface area (Å²) in [7, 11) is 0. The van der Waals surface area contributed by atoms with Gasteiger partial charge in [-0.15, -0.1) is 0 Å². The first-order valence-corrected chi connectivity index (χ1v) is 5.58. The summed E-state index contributed by atoms with van der Waals surface area (Å²) in [5.41, 5.74) is 1.19. The Morgan fingerprint density at radius 2 is 2.29 bits per heavy atom. The van der Waals surface area contributed by atoms with Gasteiger partial charge in [-0.1, -0.05) is 6.42 Å². The van der Waals surface area contributed by atoms with Crippen LogP contribution in [0.1, 0.15) is 25.7 Å². The first-order chi connectivity index (χ1) is 6.92. The molecule has 0 unspecified atom stereocenters. The molecule has 1 aromatic rings. The molecule has 1 heterocycles. The molecule has 0 radical (unpaired) electrons. The van der Waals surface area contributed by atoms with Gasteiger partial charge in [0.2, 0.25) is 0 Å². The molecule has 2 aliphatic rings. The lowest BCUT2D eigenvalue weighted by Gasteiger charge is -2.23. The van der Waals surface area contributed by atoms with Crippen molar-refractivity contribution in [3.05, 3.63) is 24.5 Å². The number of rotatable bonds is 2. The molecular formula is C12H16N2. The lowest BCUT2D eigenvalue weighted by atomic mass is 9.95. The van der Waals surface area contributed by atoms with Crippen LogP contribution < -0.4 is 5.32 Å². The van der Waals surface area contributed by atoms with E-state index in [1.54, 1.807) is 0 Å². The van der Waals surface area contributed by atoms with Gasteiger partial charge in [0.15, 0.2) is 0 Å². The van der Waals surface area contributed by atoms with Gasteiger partial charge >= 0.3 is 0 Å². The third-order valence-corrected chi connectivity index (χ3v) is 3.75. The summed E-state index contributed by atoms with van der Waals surface area (Å²) in [6, 6.07) is 4.83. The highest BCUT2D eigenvalue weighted by molar-refractivity contribution is 5.41.